The summed E-state index contributed by atoms with van der Waals surface area (Å²) in [6.45, 7) is 0.0547. The van der Waals surface area contributed by atoms with E-state index in [0.29, 0.717) is 0 Å². The number of carbonyl (C=O) groups excluding carboxylic acids is 1. The van der Waals surface area contributed by atoms with Crippen molar-refractivity contribution in [1.29, 1.82) is 0 Å². The molecule has 0 bridgehead atoms. The van der Waals surface area contributed by atoms with Crippen LogP contribution in [0.5, 0.6) is 0 Å². The Balaban J connectivity index is 2.86. The molecule has 0 saturated heterocycles. The third kappa shape index (κ3) is 1.52. The number of aliphatic hydroxyl groups excluding tert-OH is 1. The zero-order valence-corrected chi connectivity index (χ0v) is 6.42. The first-order chi connectivity index (χ1) is 4.36. The van der Waals surface area contributed by atoms with Crippen molar-refractivity contribution in [3.05, 3.63) is 21.0 Å². The Bertz CT molecular complexity index is 205. The van der Waals surface area contributed by atoms with Crippen LogP contribution in [0.1, 0.15) is 14.8 Å². The molecule has 0 aliphatic carbocycles. The number of hydrogen-bond donors (Lipinski definition) is 1. The standard InChI is InChI=1S/C6H6O2Se/c7-2-5-1-6(3-8)9-4-5/h1,3-4,7H,2H2. The molecule has 0 amide bonds. The van der Waals surface area contributed by atoms with Crippen molar-refractivity contribution in [2.24, 2.45) is 0 Å². The Labute approximate surface area is 58.9 Å². The van der Waals surface area contributed by atoms with Crippen molar-refractivity contribution in [2.75, 3.05) is 0 Å². The van der Waals surface area contributed by atoms with Crippen LogP contribution in [0.25, 0.3) is 0 Å². The molecule has 3 heteroatoms. The average Bonchev–Trinajstić information content (AvgIpc) is 2.34. The summed E-state index contributed by atoms with van der Waals surface area (Å²) < 4.78 is 0.812. The molecule has 9 heavy (non-hydrogen) atoms. The van der Waals surface area contributed by atoms with E-state index in [-0.39, 0.29) is 21.1 Å². The molecule has 1 N–H and O–H groups in total. The van der Waals surface area contributed by atoms with Gasteiger partial charge in [-0.05, 0) is 0 Å². The first kappa shape index (κ1) is 6.75. The van der Waals surface area contributed by atoms with Crippen molar-refractivity contribution >= 4 is 20.8 Å². The Hall–Kier alpha value is -0.371. The predicted octanol–water partition coefficient (Wildman–Crippen LogP) is 0.0484. The van der Waals surface area contributed by atoms with Gasteiger partial charge < -0.3 is 0 Å². The van der Waals surface area contributed by atoms with Gasteiger partial charge in [0.1, 0.15) is 0 Å². The molecule has 48 valence electrons. The van der Waals surface area contributed by atoms with Crippen LogP contribution >= 0.6 is 0 Å². The van der Waals surface area contributed by atoms with Crippen LogP contribution in [0.15, 0.2) is 11.0 Å². The molecule has 0 saturated carbocycles. The second kappa shape index (κ2) is 2.97. The summed E-state index contributed by atoms with van der Waals surface area (Å²) >= 11 is 0.180. The molecule has 0 aliphatic heterocycles. The van der Waals surface area contributed by atoms with Crippen molar-refractivity contribution in [2.45, 2.75) is 6.61 Å². The summed E-state index contributed by atoms with van der Waals surface area (Å²) in [5.74, 6) is 0. The third-order valence-electron chi connectivity index (χ3n) is 0.973. The molecule has 0 spiro atoms. The van der Waals surface area contributed by atoms with Gasteiger partial charge in [0.15, 0.2) is 0 Å². The van der Waals surface area contributed by atoms with E-state index in [1.165, 1.54) is 0 Å². The maximum atomic E-state index is 10.1. The summed E-state index contributed by atoms with van der Waals surface area (Å²) in [5.41, 5.74) is 0.872. The quantitative estimate of drug-likeness (QED) is 0.527. The van der Waals surface area contributed by atoms with E-state index in [2.05, 4.69) is 0 Å². The molecule has 0 radical (unpaired) electrons. The topological polar surface area (TPSA) is 37.3 Å². The van der Waals surface area contributed by atoms with Crippen LogP contribution in [0.4, 0.5) is 0 Å². The van der Waals surface area contributed by atoms with E-state index < -0.39 is 0 Å². The molecule has 1 aromatic rings. The monoisotopic (exact) mass is 190 g/mol. The molecule has 1 aromatic heterocycles. The van der Waals surface area contributed by atoms with Gasteiger partial charge in [-0.1, -0.05) is 0 Å². The van der Waals surface area contributed by atoms with Gasteiger partial charge in [0, 0.05) is 0 Å². The molecule has 0 aliphatic rings. The van der Waals surface area contributed by atoms with Crippen molar-refractivity contribution in [3.8, 4) is 0 Å². The Morgan fingerprint density at radius 2 is 2.56 bits per heavy atom. The molecule has 0 aromatic carbocycles. The Morgan fingerprint density at radius 3 is 2.89 bits per heavy atom. The van der Waals surface area contributed by atoms with Crippen molar-refractivity contribution in [3.63, 3.8) is 0 Å². The van der Waals surface area contributed by atoms with Crippen LogP contribution in [0.2, 0.25) is 0 Å². The summed E-state index contributed by atoms with van der Waals surface area (Å²) in [6.07, 6.45) is 0.846. The summed E-state index contributed by atoms with van der Waals surface area (Å²) in [4.78, 5) is 12.0. The fraction of sp³-hybridized carbons (Fsp3) is 0.167. The SMILES string of the molecule is O=Cc1cc(CO)c[se]1. The minimum atomic E-state index is 0.0547. The number of carbonyl (C=O) groups is 1. The van der Waals surface area contributed by atoms with Gasteiger partial charge in [0.05, 0.1) is 0 Å². The fourth-order valence-corrected chi connectivity index (χ4v) is 2.02. The summed E-state index contributed by atoms with van der Waals surface area (Å²) in [7, 11) is 0. The van der Waals surface area contributed by atoms with E-state index in [0.717, 1.165) is 16.3 Å². The summed E-state index contributed by atoms with van der Waals surface area (Å²) in [6, 6.07) is 1.74. The molecule has 0 atom stereocenters. The van der Waals surface area contributed by atoms with E-state index in [9.17, 15) is 4.79 Å². The van der Waals surface area contributed by atoms with Gasteiger partial charge in [0.2, 0.25) is 0 Å². The van der Waals surface area contributed by atoms with E-state index in [1.807, 2.05) is 4.94 Å². The van der Waals surface area contributed by atoms with Crippen molar-refractivity contribution in [1.82, 2.24) is 0 Å². The Morgan fingerprint density at radius 1 is 1.78 bits per heavy atom. The van der Waals surface area contributed by atoms with E-state index in [4.69, 9.17) is 5.11 Å². The first-order valence-electron chi connectivity index (χ1n) is 2.50. The second-order valence-electron chi connectivity index (χ2n) is 1.63. The minimum absolute atomic E-state index is 0.0547. The molecule has 1 rings (SSSR count). The molecular weight excluding hydrogens is 183 g/mol. The zero-order valence-electron chi connectivity index (χ0n) is 4.70. The van der Waals surface area contributed by atoms with Crippen LogP contribution in [-0.4, -0.2) is 25.9 Å². The number of aldehydes is 1. The number of aliphatic hydroxyl groups is 1. The fourth-order valence-electron chi connectivity index (χ4n) is 0.539. The van der Waals surface area contributed by atoms with Gasteiger partial charge in [-0.15, -0.1) is 0 Å². The van der Waals surface area contributed by atoms with E-state index >= 15 is 0 Å². The summed E-state index contributed by atoms with van der Waals surface area (Å²) in [5, 5.41) is 8.56. The van der Waals surface area contributed by atoms with Gasteiger partial charge in [0.25, 0.3) is 0 Å². The van der Waals surface area contributed by atoms with E-state index in [1.54, 1.807) is 6.07 Å². The molecule has 0 fully saturated rings. The second-order valence-corrected chi connectivity index (χ2v) is 3.61. The third-order valence-corrected chi connectivity index (χ3v) is 2.88. The maximum absolute atomic E-state index is 10.1. The molecule has 2 nitrogen and oxygen atoms in total. The van der Waals surface area contributed by atoms with Gasteiger partial charge in [-0.2, -0.15) is 0 Å². The van der Waals surface area contributed by atoms with Crippen LogP contribution in [-0.2, 0) is 6.61 Å². The molecular formula is C6H6O2Se. The van der Waals surface area contributed by atoms with Crippen molar-refractivity contribution < 1.29 is 9.90 Å². The number of rotatable bonds is 2. The zero-order chi connectivity index (χ0) is 6.69. The molecule has 1 heterocycles. The van der Waals surface area contributed by atoms with Crippen LogP contribution in [0.3, 0.4) is 0 Å². The van der Waals surface area contributed by atoms with Gasteiger partial charge >= 0.3 is 58.3 Å². The van der Waals surface area contributed by atoms with Crippen LogP contribution < -0.4 is 0 Å². The Kier molecular flexibility index (Phi) is 2.22. The van der Waals surface area contributed by atoms with Gasteiger partial charge in [-0.3, -0.25) is 0 Å². The average molecular weight is 189 g/mol. The first-order valence-corrected chi connectivity index (χ1v) is 4.35. The van der Waals surface area contributed by atoms with Gasteiger partial charge in [-0.25, -0.2) is 0 Å². The number of hydrogen-bond acceptors (Lipinski definition) is 2. The van der Waals surface area contributed by atoms with Crippen LogP contribution in [0, 0.1) is 0 Å². The molecule has 0 unspecified atom stereocenters. The normalized spacial score (nSPS) is 9.44. The predicted molar refractivity (Wildman–Crippen MR) is 34.7 cm³/mol.